The van der Waals surface area contributed by atoms with Gasteiger partial charge in [-0.2, -0.15) is 0 Å². The first-order chi connectivity index (χ1) is 13.2. The molecule has 0 bridgehead atoms. The molecule has 1 N–H and O–H groups in total. The van der Waals surface area contributed by atoms with Gasteiger partial charge in [-0.15, -0.1) is 11.7 Å². The van der Waals surface area contributed by atoms with E-state index in [4.69, 9.17) is 9.73 Å². The number of amides is 1. The van der Waals surface area contributed by atoms with E-state index in [9.17, 15) is 4.79 Å². The Labute approximate surface area is 160 Å². The smallest absolute Gasteiger partial charge is 0.276 e. The number of hydrogen-bond acceptors (Lipinski definition) is 6. The van der Waals surface area contributed by atoms with Crippen LogP contribution in [0, 0.1) is 0 Å². The molecular weight excluding hydrogens is 360 g/mol. The number of para-hydroxylation sites is 1. The summed E-state index contributed by atoms with van der Waals surface area (Å²) in [5, 5.41) is 11.3. The molecule has 2 heterocycles. The van der Waals surface area contributed by atoms with E-state index in [2.05, 4.69) is 17.0 Å². The Hall–Kier alpha value is -3.06. The van der Waals surface area contributed by atoms with E-state index >= 15 is 0 Å². The molecule has 1 atom stereocenters. The Morgan fingerprint density at radius 3 is 2.78 bits per heavy atom. The molecule has 0 saturated heterocycles. The lowest BCUT2D eigenvalue weighted by Crippen LogP contribution is -2.50. The summed E-state index contributed by atoms with van der Waals surface area (Å²) >= 11 is 1.42. The molecule has 1 amide bonds. The van der Waals surface area contributed by atoms with Gasteiger partial charge in [0.15, 0.2) is 11.3 Å². The van der Waals surface area contributed by atoms with Crippen LogP contribution < -0.4 is 20.6 Å². The van der Waals surface area contributed by atoms with E-state index in [1.54, 1.807) is 18.2 Å². The second-order valence-corrected chi connectivity index (χ2v) is 6.95. The van der Waals surface area contributed by atoms with Crippen molar-refractivity contribution >= 4 is 28.5 Å². The molecule has 0 unspecified atom stereocenters. The average Bonchev–Trinajstić information content (AvgIpc) is 2.71. The molecule has 7 heteroatoms. The van der Waals surface area contributed by atoms with Crippen LogP contribution in [0.4, 0.5) is 0 Å². The lowest BCUT2D eigenvalue weighted by atomic mass is 10.1. The maximum atomic E-state index is 12.9. The summed E-state index contributed by atoms with van der Waals surface area (Å²) in [6.07, 6.45) is 1.35. The molecule has 27 heavy (non-hydrogen) atoms. The van der Waals surface area contributed by atoms with Crippen LogP contribution in [-0.2, 0) is 4.79 Å². The van der Waals surface area contributed by atoms with Crippen molar-refractivity contribution in [3.63, 3.8) is 0 Å². The van der Waals surface area contributed by atoms with Crippen LogP contribution in [0.1, 0.15) is 11.7 Å². The number of thioether (sulfide) groups is 1. The highest BCUT2D eigenvalue weighted by Crippen LogP contribution is 2.31. The van der Waals surface area contributed by atoms with Crippen LogP contribution in [0.25, 0.3) is 5.70 Å². The molecule has 0 aliphatic carbocycles. The lowest BCUT2D eigenvalue weighted by Gasteiger charge is -2.34. The van der Waals surface area contributed by atoms with Gasteiger partial charge in [0.25, 0.3) is 5.91 Å². The van der Waals surface area contributed by atoms with Gasteiger partial charge in [-0.25, -0.2) is 5.01 Å². The number of methoxy groups -OCH3 is 1. The minimum Gasteiger partial charge on any atom is -0.497 e. The van der Waals surface area contributed by atoms with E-state index < -0.39 is 6.17 Å². The molecule has 2 aliphatic rings. The van der Waals surface area contributed by atoms with Crippen LogP contribution in [0.5, 0.6) is 5.75 Å². The number of nitrogens with zero attached hydrogens (tertiary/aromatic N) is 3. The number of benzene rings is 2. The van der Waals surface area contributed by atoms with Crippen LogP contribution in [0.15, 0.2) is 71.3 Å². The van der Waals surface area contributed by atoms with E-state index in [0.717, 1.165) is 21.9 Å². The van der Waals surface area contributed by atoms with Crippen molar-refractivity contribution in [3.8, 4) is 5.75 Å². The monoisotopic (exact) mass is 378 g/mol. The number of nitrogens with one attached hydrogen (secondary N) is 1. The van der Waals surface area contributed by atoms with Crippen molar-refractivity contribution < 1.29 is 9.53 Å². The van der Waals surface area contributed by atoms with E-state index in [0.29, 0.717) is 16.6 Å². The highest BCUT2D eigenvalue weighted by atomic mass is 32.2. The summed E-state index contributed by atoms with van der Waals surface area (Å²) in [6.45, 7) is 3.72. The molecular formula is C20H18N4O2S. The van der Waals surface area contributed by atoms with Crippen molar-refractivity contribution in [3.05, 3.63) is 77.3 Å². The molecule has 0 aromatic heterocycles. The second kappa shape index (κ2) is 7.28. The van der Waals surface area contributed by atoms with Crippen molar-refractivity contribution in [1.29, 1.82) is 0 Å². The zero-order chi connectivity index (χ0) is 18.8. The Balaban J connectivity index is 1.87. The fourth-order valence-electron chi connectivity index (χ4n) is 3.02. The third kappa shape index (κ3) is 3.21. The van der Waals surface area contributed by atoms with Gasteiger partial charge >= 0.3 is 0 Å². The number of hydrogen-bond donors (Lipinski definition) is 1. The molecule has 4 rings (SSSR count). The first-order valence-electron chi connectivity index (χ1n) is 8.45. The van der Waals surface area contributed by atoms with E-state index in [1.165, 1.54) is 11.8 Å². The molecule has 2 aromatic rings. The van der Waals surface area contributed by atoms with Gasteiger partial charge in [0, 0.05) is 11.0 Å². The van der Waals surface area contributed by atoms with Gasteiger partial charge in [-0.3, -0.25) is 15.1 Å². The standard InChI is InChI=1S/C20H18N4O2S/c1-3-12-27-20-22-19(25)17-15-6-4-5-7-16(15)21-18(24(17)23-20)13-8-10-14(26-2)11-9-13/h3-11,18H,1,12H2,2H3,(H,22,23,25)/t18-/m0/s1. The lowest BCUT2D eigenvalue weighted by molar-refractivity contribution is -0.116. The molecule has 0 radical (unpaired) electrons. The van der Waals surface area contributed by atoms with E-state index in [-0.39, 0.29) is 5.91 Å². The zero-order valence-corrected chi connectivity index (χ0v) is 15.6. The maximum Gasteiger partial charge on any atom is 0.276 e. The van der Waals surface area contributed by atoms with Gasteiger partial charge in [-0.1, -0.05) is 48.2 Å². The van der Waals surface area contributed by atoms with Crippen molar-refractivity contribution in [1.82, 2.24) is 10.3 Å². The largest absolute Gasteiger partial charge is 0.497 e. The number of rotatable bonds is 4. The highest BCUT2D eigenvalue weighted by molar-refractivity contribution is 8.14. The second-order valence-electron chi connectivity index (χ2n) is 5.95. The van der Waals surface area contributed by atoms with Gasteiger partial charge in [0.1, 0.15) is 11.4 Å². The SMILES string of the molecule is C=CCSC1=NN2C(=c3ccccc3=N[C@@H]2c2ccc(OC)cc2)C(=O)N1. The summed E-state index contributed by atoms with van der Waals surface area (Å²) in [7, 11) is 1.63. The molecule has 0 saturated carbocycles. The zero-order valence-electron chi connectivity index (χ0n) is 14.8. The summed E-state index contributed by atoms with van der Waals surface area (Å²) in [6, 6.07) is 15.3. The molecule has 2 aromatic carbocycles. The van der Waals surface area contributed by atoms with Gasteiger partial charge in [-0.05, 0) is 23.8 Å². The van der Waals surface area contributed by atoms with Crippen LogP contribution in [-0.4, -0.2) is 28.9 Å². The number of hydrazone groups is 1. The van der Waals surface area contributed by atoms with Gasteiger partial charge in [0.2, 0.25) is 0 Å². The third-order valence-corrected chi connectivity index (χ3v) is 5.13. The number of carbonyl (C=O) groups is 1. The molecule has 6 nitrogen and oxygen atoms in total. The summed E-state index contributed by atoms with van der Waals surface area (Å²) in [4.78, 5) is 17.7. The van der Waals surface area contributed by atoms with Crippen molar-refractivity contribution in [2.75, 3.05) is 12.9 Å². The third-order valence-electron chi connectivity index (χ3n) is 4.27. The molecule has 136 valence electrons. The minimum atomic E-state index is -0.425. The molecule has 0 spiro atoms. The molecule has 0 fully saturated rings. The predicted molar refractivity (Wildman–Crippen MR) is 106 cm³/mol. The number of carbonyl (C=O) groups excluding carboxylic acids is 1. The van der Waals surface area contributed by atoms with Gasteiger partial charge < -0.3 is 4.74 Å². The summed E-state index contributed by atoms with van der Waals surface area (Å²) in [5.74, 6) is 1.24. The van der Waals surface area contributed by atoms with Crippen molar-refractivity contribution in [2.45, 2.75) is 6.17 Å². The Bertz CT molecular complexity index is 1050. The minimum absolute atomic E-state index is 0.183. The molecule has 2 aliphatic heterocycles. The highest BCUT2D eigenvalue weighted by Gasteiger charge is 2.34. The van der Waals surface area contributed by atoms with Crippen LogP contribution in [0.3, 0.4) is 0 Å². The quantitative estimate of drug-likeness (QED) is 0.824. The number of amidine groups is 1. The predicted octanol–water partition coefficient (Wildman–Crippen LogP) is 1.76. The Morgan fingerprint density at radius 1 is 1.26 bits per heavy atom. The Morgan fingerprint density at radius 2 is 2.04 bits per heavy atom. The maximum absolute atomic E-state index is 12.9. The van der Waals surface area contributed by atoms with Crippen LogP contribution in [0.2, 0.25) is 0 Å². The first-order valence-corrected chi connectivity index (χ1v) is 9.44. The normalized spacial score (nSPS) is 17.9. The Kier molecular flexibility index (Phi) is 4.68. The number of fused-ring (bicyclic) bond motifs is 2. The average molecular weight is 378 g/mol. The fraction of sp³-hybridized carbons (Fsp3) is 0.150. The fourth-order valence-corrected chi connectivity index (χ4v) is 3.61. The number of ether oxygens (including phenoxy) is 1. The topological polar surface area (TPSA) is 66.3 Å². The first kappa shape index (κ1) is 17.4. The van der Waals surface area contributed by atoms with E-state index in [1.807, 2.05) is 48.5 Å². The summed E-state index contributed by atoms with van der Waals surface area (Å²) in [5.41, 5.74) is 1.43. The van der Waals surface area contributed by atoms with Gasteiger partial charge in [0.05, 0.1) is 12.5 Å². The van der Waals surface area contributed by atoms with Crippen LogP contribution >= 0.6 is 11.8 Å². The van der Waals surface area contributed by atoms with Crippen molar-refractivity contribution in [2.24, 2.45) is 10.1 Å². The summed E-state index contributed by atoms with van der Waals surface area (Å²) < 4.78 is 5.24.